The van der Waals surface area contributed by atoms with E-state index in [1.54, 1.807) is 18.2 Å². The summed E-state index contributed by atoms with van der Waals surface area (Å²) in [5.41, 5.74) is 2.75. The van der Waals surface area contributed by atoms with Crippen molar-refractivity contribution in [2.24, 2.45) is 0 Å². The molecule has 0 atom stereocenters. The number of benzene rings is 2. The van der Waals surface area contributed by atoms with Gasteiger partial charge in [-0.25, -0.2) is 0 Å². The van der Waals surface area contributed by atoms with Crippen molar-refractivity contribution in [3.63, 3.8) is 0 Å². The fourth-order valence-corrected chi connectivity index (χ4v) is 2.32. The first-order valence-corrected chi connectivity index (χ1v) is 8.62. The van der Waals surface area contributed by atoms with Gasteiger partial charge >= 0.3 is 5.97 Å². The number of rotatable bonds is 6. The lowest BCUT2D eigenvalue weighted by Gasteiger charge is -2.19. The van der Waals surface area contributed by atoms with Crippen LogP contribution in [0.15, 0.2) is 60.7 Å². The Labute approximate surface area is 154 Å². The zero-order chi connectivity index (χ0) is 19.0. The summed E-state index contributed by atoms with van der Waals surface area (Å²) in [6.45, 7) is 6.36. The Hall–Kier alpha value is -2.88. The average molecular weight is 351 g/mol. The van der Waals surface area contributed by atoms with Crippen LogP contribution in [0.3, 0.4) is 0 Å². The van der Waals surface area contributed by atoms with Gasteiger partial charge in [-0.15, -0.1) is 0 Å². The Morgan fingerprint density at radius 2 is 1.65 bits per heavy atom. The molecule has 0 saturated carbocycles. The molecular weight excluding hydrogens is 326 g/mol. The first-order valence-electron chi connectivity index (χ1n) is 8.62. The maximum absolute atomic E-state index is 12.1. The molecule has 0 heterocycles. The molecular formula is C22H25NO3. The molecule has 0 aliphatic heterocycles. The van der Waals surface area contributed by atoms with E-state index in [9.17, 15) is 9.59 Å². The monoisotopic (exact) mass is 351 g/mol. The maximum Gasteiger partial charge on any atom is 0.325 e. The first kappa shape index (κ1) is 19.4. The standard InChI is InChI=1S/C22H25NO3/c1-22(2,3)19-13-11-18(12-14-19)21(25)23-16-20(24)26-15-7-10-17-8-5-4-6-9-17/h4-14H,15-16H2,1-3H3,(H,23,25)/b10-7+. The van der Waals surface area contributed by atoms with Crippen LogP contribution in [-0.4, -0.2) is 25.0 Å². The van der Waals surface area contributed by atoms with E-state index in [0.717, 1.165) is 11.1 Å². The van der Waals surface area contributed by atoms with Crippen molar-refractivity contribution in [3.8, 4) is 0 Å². The normalized spacial score (nSPS) is 11.3. The molecule has 4 heteroatoms. The number of hydrogen-bond acceptors (Lipinski definition) is 3. The molecule has 0 aliphatic carbocycles. The SMILES string of the molecule is CC(C)(C)c1ccc(C(=O)NCC(=O)OC/C=C/c2ccccc2)cc1. The highest BCUT2D eigenvalue weighted by Crippen LogP contribution is 2.22. The maximum atomic E-state index is 12.1. The van der Waals surface area contributed by atoms with Crippen LogP contribution in [0.4, 0.5) is 0 Å². The van der Waals surface area contributed by atoms with Gasteiger partial charge in [-0.05, 0) is 34.8 Å². The number of nitrogens with one attached hydrogen (secondary N) is 1. The van der Waals surface area contributed by atoms with Crippen LogP contribution < -0.4 is 5.32 Å². The lowest BCUT2D eigenvalue weighted by atomic mass is 9.87. The molecule has 0 unspecified atom stereocenters. The minimum absolute atomic E-state index is 0.0338. The predicted molar refractivity (Wildman–Crippen MR) is 104 cm³/mol. The van der Waals surface area contributed by atoms with Crippen LogP contribution in [0, 0.1) is 0 Å². The van der Waals surface area contributed by atoms with Crippen molar-refractivity contribution >= 4 is 18.0 Å². The van der Waals surface area contributed by atoms with Crippen LogP contribution >= 0.6 is 0 Å². The minimum Gasteiger partial charge on any atom is -0.460 e. The van der Waals surface area contributed by atoms with E-state index in [-0.39, 0.29) is 24.5 Å². The van der Waals surface area contributed by atoms with E-state index in [1.165, 1.54) is 0 Å². The van der Waals surface area contributed by atoms with Gasteiger partial charge in [0.25, 0.3) is 5.91 Å². The van der Waals surface area contributed by atoms with Crippen LogP contribution in [-0.2, 0) is 14.9 Å². The Kier molecular flexibility index (Phi) is 6.73. The molecule has 0 spiro atoms. The molecule has 26 heavy (non-hydrogen) atoms. The van der Waals surface area contributed by atoms with Crippen LogP contribution in [0.1, 0.15) is 42.3 Å². The molecule has 0 radical (unpaired) electrons. The summed E-state index contributed by atoms with van der Waals surface area (Å²) in [4.78, 5) is 23.8. The zero-order valence-electron chi connectivity index (χ0n) is 15.5. The minimum atomic E-state index is -0.470. The zero-order valence-corrected chi connectivity index (χ0v) is 15.5. The van der Waals surface area contributed by atoms with Gasteiger partial charge in [0.05, 0.1) is 0 Å². The van der Waals surface area contributed by atoms with Gasteiger partial charge in [-0.2, -0.15) is 0 Å². The second kappa shape index (κ2) is 8.99. The van der Waals surface area contributed by atoms with E-state index in [0.29, 0.717) is 5.56 Å². The number of ether oxygens (including phenoxy) is 1. The number of carbonyl (C=O) groups excluding carboxylic acids is 2. The van der Waals surface area contributed by atoms with E-state index >= 15 is 0 Å². The molecule has 136 valence electrons. The second-order valence-electron chi connectivity index (χ2n) is 7.01. The average Bonchev–Trinajstić information content (AvgIpc) is 2.63. The molecule has 1 amide bonds. The second-order valence-corrected chi connectivity index (χ2v) is 7.01. The molecule has 4 nitrogen and oxygen atoms in total. The Balaban J connectivity index is 1.74. The van der Waals surface area contributed by atoms with Crippen molar-refractivity contribution in [2.45, 2.75) is 26.2 Å². The van der Waals surface area contributed by atoms with E-state index in [1.807, 2.05) is 48.5 Å². The lowest BCUT2D eigenvalue weighted by Crippen LogP contribution is -2.30. The number of hydrogen-bond donors (Lipinski definition) is 1. The van der Waals surface area contributed by atoms with Crippen LogP contribution in [0.2, 0.25) is 0 Å². The van der Waals surface area contributed by atoms with Gasteiger partial charge in [0.1, 0.15) is 13.2 Å². The topological polar surface area (TPSA) is 55.4 Å². The lowest BCUT2D eigenvalue weighted by molar-refractivity contribution is -0.141. The summed E-state index contributed by atoms with van der Waals surface area (Å²) in [7, 11) is 0. The Bertz CT molecular complexity index is 756. The van der Waals surface area contributed by atoms with E-state index in [4.69, 9.17) is 4.74 Å². The smallest absolute Gasteiger partial charge is 0.325 e. The van der Waals surface area contributed by atoms with Gasteiger partial charge in [0, 0.05) is 5.56 Å². The number of amides is 1. The molecule has 0 aromatic heterocycles. The quantitative estimate of drug-likeness (QED) is 0.801. The van der Waals surface area contributed by atoms with Crippen molar-refractivity contribution in [1.82, 2.24) is 5.32 Å². The van der Waals surface area contributed by atoms with Crippen molar-refractivity contribution in [3.05, 3.63) is 77.4 Å². The van der Waals surface area contributed by atoms with E-state index < -0.39 is 5.97 Å². The molecule has 2 rings (SSSR count). The van der Waals surface area contributed by atoms with Gasteiger partial charge < -0.3 is 10.1 Å². The summed E-state index contributed by atoms with van der Waals surface area (Å²) in [5, 5.41) is 2.58. The van der Waals surface area contributed by atoms with Gasteiger partial charge in [-0.1, -0.05) is 69.3 Å². The van der Waals surface area contributed by atoms with Crippen molar-refractivity contribution in [1.29, 1.82) is 0 Å². The fraction of sp³-hybridized carbons (Fsp3) is 0.273. The molecule has 0 bridgehead atoms. The molecule has 2 aromatic rings. The summed E-state index contributed by atoms with van der Waals surface area (Å²) in [6, 6.07) is 17.1. The summed E-state index contributed by atoms with van der Waals surface area (Å²) >= 11 is 0. The highest BCUT2D eigenvalue weighted by molar-refractivity contribution is 5.95. The largest absolute Gasteiger partial charge is 0.460 e. The molecule has 0 fully saturated rings. The Morgan fingerprint density at radius 1 is 1.00 bits per heavy atom. The van der Waals surface area contributed by atoms with Crippen molar-refractivity contribution < 1.29 is 14.3 Å². The Morgan fingerprint density at radius 3 is 2.27 bits per heavy atom. The van der Waals surface area contributed by atoms with Crippen LogP contribution in [0.25, 0.3) is 6.08 Å². The van der Waals surface area contributed by atoms with Gasteiger partial charge in [0.15, 0.2) is 0 Å². The van der Waals surface area contributed by atoms with Gasteiger partial charge in [0.2, 0.25) is 0 Å². The van der Waals surface area contributed by atoms with Gasteiger partial charge in [-0.3, -0.25) is 9.59 Å². The summed E-state index contributed by atoms with van der Waals surface area (Å²) < 4.78 is 5.07. The summed E-state index contributed by atoms with van der Waals surface area (Å²) in [6.07, 6.45) is 3.64. The first-order chi connectivity index (χ1) is 12.4. The van der Waals surface area contributed by atoms with E-state index in [2.05, 4.69) is 26.1 Å². The molecule has 1 N–H and O–H groups in total. The highest BCUT2D eigenvalue weighted by Gasteiger charge is 2.14. The fourth-order valence-electron chi connectivity index (χ4n) is 2.32. The number of esters is 1. The summed E-state index contributed by atoms with van der Waals surface area (Å²) in [5.74, 6) is -0.760. The van der Waals surface area contributed by atoms with Crippen LogP contribution in [0.5, 0.6) is 0 Å². The molecule has 0 aliphatic rings. The predicted octanol–water partition coefficient (Wildman–Crippen LogP) is 3.97. The molecule has 2 aromatic carbocycles. The third kappa shape index (κ3) is 6.20. The third-order valence-electron chi connectivity index (χ3n) is 3.86. The van der Waals surface area contributed by atoms with Crippen molar-refractivity contribution in [2.75, 3.05) is 13.2 Å². The number of carbonyl (C=O) groups is 2. The highest BCUT2D eigenvalue weighted by atomic mass is 16.5. The third-order valence-corrected chi connectivity index (χ3v) is 3.86. The molecule has 0 saturated heterocycles.